The van der Waals surface area contributed by atoms with Crippen LogP contribution in [0.4, 0.5) is 18.9 Å². The van der Waals surface area contributed by atoms with Gasteiger partial charge in [0, 0.05) is 47.2 Å². The topological polar surface area (TPSA) is 83.5 Å². The number of carboxylic acid groups (broad SMARTS) is 1. The highest BCUT2D eigenvalue weighted by atomic mass is 35.5. The highest BCUT2D eigenvalue weighted by Crippen LogP contribution is 2.35. The SMILES string of the molecule is CC[C@H](C)[C@@H](COc1ccc(-c2ccc(C(F)(F)F)cc2Cl)cn1)Nc1ccc(CNCCC(=O)O)cc1. The molecule has 204 valence electrons. The number of aromatic nitrogens is 1. The number of aliphatic carboxylic acids is 1. The molecule has 10 heteroatoms. The standard InChI is InChI=1S/C28H31ClF3N3O3/c1-3-18(2)25(35-22-8-4-19(5-9-22)15-33-13-12-27(36)37)17-38-26-11-6-20(16-34-26)23-10-7-21(14-24(23)29)28(30,31)32/h4-11,14,16,18,25,33,35H,3,12-13,15,17H2,1-2H3,(H,36,37)/t18-,25+/m0/s1. The number of rotatable bonds is 13. The van der Waals surface area contributed by atoms with Crippen molar-refractivity contribution in [3.05, 3.63) is 76.9 Å². The maximum Gasteiger partial charge on any atom is 0.416 e. The number of nitrogens with zero attached hydrogens (tertiary/aromatic N) is 1. The lowest BCUT2D eigenvalue weighted by Crippen LogP contribution is -2.33. The molecule has 0 radical (unpaired) electrons. The molecule has 3 N–H and O–H groups in total. The van der Waals surface area contributed by atoms with E-state index in [1.807, 2.05) is 24.3 Å². The van der Waals surface area contributed by atoms with Crippen LogP contribution in [0.2, 0.25) is 5.02 Å². The van der Waals surface area contributed by atoms with Crippen LogP contribution in [0, 0.1) is 5.92 Å². The zero-order valence-electron chi connectivity index (χ0n) is 21.2. The normalized spacial score (nSPS) is 13.1. The van der Waals surface area contributed by atoms with Gasteiger partial charge in [-0.15, -0.1) is 0 Å². The predicted octanol–water partition coefficient (Wildman–Crippen LogP) is 6.89. The zero-order chi connectivity index (χ0) is 27.7. The fraction of sp³-hybridized carbons (Fsp3) is 0.357. The molecule has 0 spiro atoms. The van der Waals surface area contributed by atoms with Gasteiger partial charge in [0.05, 0.1) is 18.0 Å². The molecule has 0 aliphatic carbocycles. The molecule has 0 aliphatic heterocycles. The number of hydrogen-bond acceptors (Lipinski definition) is 5. The van der Waals surface area contributed by atoms with Gasteiger partial charge in [0.15, 0.2) is 0 Å². The van der Waals surface area contributed by atoms with Crippen LogP contribution in [-0.2, 0) is 17.5 Å². The second kappa shape index (κ2) is 13.5. The summed E-state index contributed by atoms with van der Waals surface area (Å²) in [6.07, 6.45) is -1.92. The maximum absolute atomic E-state index is 12.9. The van der Waals surface area contributed by atoms with E-state index < -0.39 is 17.7 Å². The summed E-state index contributed by atoms with van der Waals surface area (Å²) in [4.78, 5) is 14.9. The summed E-state index contributed by atoms with van der Waals surface area (Å²) in [6, 6.07) is 14.6. The van der Waals surface area contributed by atoms with Crippen molar-refractivity contribution in [2.75, 3.05) is 18.5 Å². The van der Waals surface area contributed by atoms with E-state index in [1.54, 1.807) is 12.1 Å². The van der Waals surface area contributed by atoms with Crippen LogP contribution in [-0.4, -0.2) is 35.3 Å². The molecular weight excluding hydrogens is 519 g/mol. The van der Waals surface area contributed by atoms with E-state index >= 15 is 0 Å². The largest absolute Gasteiger partial charge is 0.481 e. The van der Waals surface area contributed by atoms with Crippen LogP contribution in [0.25, 0.3) is 11.1 Å². The highest BCUT2D eigenvalue weighted by Gasteiger charge is 2.31. The smallest absolute Gasteiger partial charge is 0.416 e. The number of anilines is 1. The Balaban J connectivity index is 1.59. The molecule has 1 heterocycles. The second-order valence-electron chi connectivity index (χ2n) is 9.04. The van der Waals surface area contributed by atoms with Crippen LogP contribution in [0.3, 0.4) is 0 Å². The van der Waals surface area contributed by atoms with Crippen LogP contribution in [0.1, 0.15) is 37.8 Å². The Labute approximate surface area is 225 Å². The van der Waals surface area contributed by atoms with Crippen molar-refractivity contribution in [2.45, 2.75) is 45.5 Å². The van der Waals surface area contributed by atoms with Gasteiger partial charge < -0.3 is 20.5 Å². The number of nitrogens with one attached hydrogen (secondary N) is 2. The zero-order valence-corrected chi connectivity index (χ0v) is 21.9. The minimum absolute atomic E-state index is 0.00149. The average molecular weight is 550 g/mol. The van der Waals surface area contributed by atoms with Gasteiger partial charge in [0.2, 0.25) is 5.88 Å². The molecule has 0 saturated carbocycles. The Morgan fingerprint density at radius 3 is 2.45 bits per heavy atom. The Morgan fingerprint density at radius 1 is 1.13 bits per heavy atom. The molecule has 0 bridgehead atoms. The van der Waals surface area contributed by atoms with Crippen molar-refractivity contribution in [3.8, 4) is 17.0 Å². The molecule has 3 rings (SSSR count). The summed E-state index contributed by atoms with van der Waals surface area (Å²) in [5.74, 6) is -0.127. The van der Waals surface area contributed by atoms with Crippen LogP contribution in [0.15, 0.2) is 60.8 Å². The van der Waals surface area contributed by atoms with Gasteiger partial charge in [-0.25, -0.2) is 4.98 Å². The number of carbonyl (C=O) groups is 1. The summed E-state index contributed by atoms with van der Waals surface area (Å²) in [5, 5.41) is 15.3. The molecule has 0 saturated heterocycles. The van der Waals surface area contributed by atoms with Gasteiger partial charge in [0.25, 0.3) is 0 Å². The van der Waals surface area contributed by atoms with Crippen molar-refractivity contribution < 1.29 is 27.8 Å². The highest BCUT2D eigenvalue weighted by molar-refractivity contribution is 6.33. The van der Waals surface area contributed by atoms with Crippen molar-refractivity contribution >= 4 is 23.3 Å². The average Bonchev–Trinajstić information content (AvgIpc) is 2.89. The summed E-state index contributed by atoms with van der Waals surface area (Å²) in [7, 11) is 0. The molecule has 0 fully saturated rings. The number of halogens is 4. The number of hydrogen-bond donors (Lipinski definition) is 3. The third-order valence-corrected chi connectivity index (χ3v) is 6.55. The molecule has 0 unspecified atom stereocenters. The van der Waals surface area contributed by atoms with Gasteiger partial charge in [-0.2, -0.15) is 13.2 Å². The summed E-state index contributed by atoms with van der Waals surface area (Å²) < 4.78 is 44.7. The molecule has 2 atom stereocenters. The lowest BCUT2D eigenvalue weighted by atomic mass is 9.99. The Hall–Kier alpha value is -3.30. The quantitative estimate of drug-likeness (QED) is 0.201. The minimum atomic E-state index is -4.46. The van der Waals surface area contributed by atoms with Crippen LogP contribution >= 0.6 is 11.6 Å². The molecule has 3 aromatic rings. The van der Waals surface area contributed by atoms with Gasteiger partial charge in [0.1, 0.15) is 6.61 Å². The molecule has 6 nitrogen and oxygen atoms in total. The summed E-state index contributed by atoms with van der Waals surface area (Å²) in [5.41, 5.74) is 2.23. The van der Waals surface area contributed by atoms with E-state index in [0.29, 0.717) is 42.6 Å². The van der Waals surface area contributed by atoms with Gasteiger partial charge >= 0.3 is 12.1 Å². The van der Waals surface area contributed by atoms with Gasteiger partial charge in [-0.05, 0) is 41.8 Å². The monoisotopic (exact) mass is 549 g/mol. The Kier molecular flexibility index (Phi) is 10.4. The van der Waals surface area contributed by atoms with E-state index in [4.69, 9.17) is 21.4 Å². The van der Waals surface area contributed by atoms with E-state index in [9.17, 15) is 18.0 Å². The first-order valence-electron chi connectivity index (χ1n) is 12.3. The Bertz CT molecular complexity index is 1190. The third kappa shape index (κ3) is 8.63. The number of ether oxygens (including phenoxy) is 1. The Morgan fingerprint density at radius 2 is 1.87 bits per heavy atom. The lowest BCUT2D eigenvalue weighted by Gasteiger charge is -2.25. The van der Waals surface area contributed by atoms with E-state index in [2.05, 4.69) is 29.5 Å². The van der Waals surface area contributed by atoms with Crippen molar-refractivity contribution in [3.63, 3.8) is 0 Å². The molecule has 0 amide bonds. The first-order valence-corrected chi connectivity index (χ1v) is 12.7. The number of pyridine rings is 1. The van der Waals surface area contributed by atoms with Gasteiger partial charge in [-0.3, -0.25) is 4.79 Å². The maximum atomic E-state index is 12.9. The van der Waals surface area contributed by atoms with Crippen molar-refractivity contribution in [1.29, 1.82) is 0 Å². The number of alkyl halides is 3. The first-order chi connectivity index (χ1) is 18.1. The van der Waals surface area contributed by atoms with Crippen LogP contribution in [0.5, 0.6) is 5.88 Å². The fourth-order valence-electron chi connectivity index (χ4n) is 3.72. The van der Waals surface area contributed by atoms with Crippen LogP contribution < -0.4 is 15.4 Å². The minimum Gasteiger partial charge on any atom is -0.481 e. The molecule has 2 aromatic carbocycles. The second-order valence-corrected chi connectivity index (χ2v) is 9.45. The van der Waals surface area contributed by atoms with E-state index in [1.165, 1.54) is 12.3 Å². The van der Waals surface area contributed by atoms with Crippen molar-refractivity contribution in [2.24, 2.45) is 5.92 Å². The predicted molar refractivity (Wildman–Crippen MR) is 142 cm³/mol. The molecule has 0 aliphatic rings. The lowest BCUT2D eigenvalue weighted by molar-refractivity contribution is -0.138. The van der Waals surface area contributed by atoms with E-state index in [0.717, 1.165) is 29.8 Å². The van der Waals surface area contributed by atoms with Crippen molar-refractivity contribution in [1.82, 2.24) is 10.3 Å². The summed E-state index contributed by atoms with van der Waals surface area (Å²) in [6.45, 7) is 5.60. The molecule has 38 heavy (non-hydrogen) atoms. The molecular formula is C28H31ClF3N3O3. The summed E-state index contributed by atoms with van der Waals surface area (Å²) >= 11 is 6.10. The number of carboxylic acids is 1. The molecule has 1 aromatic heterocycles. The van der Waals surface area contributed by atoms with E-state index in [-0.39, 0.29) is 17.5 Å². The number of benzene rings is 2. The fourth-order valence-corrected chi connectivity index (χ4v) is 4.01. The van der Waals surface area contributed by atoms with Gasteiger partial charge in [-0.1, -0.05) is 50.1 Å². The first kappa shape index (κ1) is 29.3. The third-order valence-electron chi connectivity index (χ3n) is 6.24.